The first-order valence-electron chi connectivity index (χ1n) is 7.83. The second-order valence-electron chi connectivity index (χ2n) is 5.82. The number of ether oxygens (including phenoxy) is 1. The number of nitrogens with one attached hydrogen (secondary N) is 1. The third-order valence-electron chi connectivity index (χ3n) is 4.46. The highest BCUT2D eigenvalue weighted by Gasteiger charge is 2.47. The van der Waals surface area contributed by atoms with Crippen LogP contribution in [-0.2, 0) is 15.1 Å². The summed E-state index contributed by atoms with van der Waals surface area (Å²) >= 11 is 2.88. The van der Waals surface area contributed by atoms with Crippen molar-refractivity contribution in [1.29, 1.82) is 0 Å². The molecule has 0 aromatic carbocycles. The average molecular weight is 351 g/mol. The number of carboxylic acids is 1. The lowest BCUT2D eigenvalue weighted by atomic mass is 9.91. The van der Waals surface area contributed by atoms with Crippen LogP contribution in [0.25, 0.3) is 0 Å². The maximum absolute atomic E-state index is 12.3. The number of aliphatic carboxylic acids is 1. The van der Waals surface area contributed by atoms with Crippen LogP contribution in [0.15, 0.2) is 35.0 Å². The van der Waals surface area contributed by atoms with Gasteiger partial charge in [-0.1, -0.05) is 12.1 Å². The first kappa shape index (κ1) is 16.6. The van der Waals surface area contributed by atoms with Gasteiger partial charge in [-0.2, -0.15) is 0 Å². The van der Waals surface area contributed by atoms with Crippen LogP contribution < -0.4 is 5.32 Å². The van der Waals surface area contributed by atoms with E-state index in [1.165, 1.54) is 22.7 Å². The Morgan fingerprint density at radius 2 is 1.74 bits per heavy atom. The van der Waals surface area contributed by atoms with E-state index in [0.29, 0.717) is 6.04 Å². The molecular weight excluding hydrogens is 330 g/mol. The molecule has 1 saturated carbocycles. The molecule has 0 aliphatic heterocycles. The third kappa shape index (κ3) is 3.21. The van der Waals surface area contributed by atoms with Crippen molar-refractivity contribution in [3.63, 3.8) is 0 Å². The van der Waals surface area contributed by atoms with Gasteiger partial charge in [0.1, 0.15) is 0 Å². The molecule has 2 heterocycles. The van der Waals surface area contributed by atoms with Crippen molar-refractivity contribution in [1.82, 2.24) is 5.32 Å². The molecule has 2 N–H and O–H groups in total. The maximum Gasteiger partial charge on any atom is 0.347 e. The van der Waals surface area contributed by atoms with E-state index in [0.717, 1.165) is 35.4 Å². The summed E-state index contributed by atoms with van der Waals surface area (Å²) in [7, 11) is 1.98. The summed E-state index contributed by atoms with van der Waals surface area (Å²) in [5.41, 5.74) is -1.38. The van der Waals surface area contributed by atoms with Crippen molar-refractivity contribution in [2.24, 2.45) is 0 Å². The summed E-state index contributed by atoms with van der Waals surface area (Å²) in [5, 5.41) is 17.2. The van der Waals surface area contributed by atoms with Gasteiger partial charge in [-0.05, 0) is 55.6 Å². The van der Waals surface area contributed by atoms with Crippen molar-refractivity contribution >= 4 is 28.6 Å². The minimum absolute atomic E-state index is 0.0279. The topological polar surface area (TPSA) is 58.6 Å². The molecule has 0 atom stereocenters. The number of rotatable bonds is 6. The fourth-order valence-electron chi connectivity index (χ4n) is 3.18. The monoisotopic (exact) mass is 351 g/mol. The molecule has 0 spiro atoms. The van der Waals surface area contributed by atoms with Gasteiger partial charge in [-0.3, -0.25) is 0 Å². The second-order valence-corrected chi connectivity index (χ2v) is 7.72. The van der Waals surface area contributed by atoms with E-state index in [1.54, 1.807) is 0 Å². The molecule has 4 nitrogen and oxygen atoms in total. The van der Waals surface area contributed by atoms with E-state index in [4.69, 9.17) is 4.74 Å². The fraction of sp³-hybridized carbons (Fsp3) is 0.471. The quantitative estimate of drug-likeness (QED) is 0.833. The van der Waals surface area contributed by atoms with Gasteiger partial charge in [-0.15, -0.1) is 22.7 Å². The maximum atomic E-state index is 12.3. The molecule has 1 aliphatic rings. The van der Waals surface area contributed by atoms with Gasteiger partial charge in [-0.25, -0.2) is 4.79 Å². The summed E-state index contributed by atoms with van der Waals surface area (Å²) in [6, 6.07) is 7.99. The second kappa shape index (κ2) is 7.13. The summed E-state index contributed by atoms with van der Waals surface area (Å²) in [5.74, 6) is -0.932. The van der Waals surface area contributed by atoms with Crippen molar-refractivity contribution < 1.29 is 14.6 Å². The van der Waals surface area contributed by atoms with Crippen LogP contribution in [-0.4, -0.2) is 30.3 Å². The van der Waals surface area contributed by atoms with Crippen LogP contribution in [0.2, 0.25) is 0 Å². The van der Waals surface area contributed by atoms with Crippen LogP contribution in [0.5, 0.6) is 0 Å². The van der Waals surface area contributed by atoms with Crippen LogP contribution >= 0.6 is 22.7 Å². The Balaban J connectivity index is 1.91. The smallest absolute Gasteiger partial charge is 0.347 e. The number of thiophene rings is 2. The molecule has 0 amide bonds. The lowest BCUT2D eigenvalue weighted by Crippen LogP contribution is -2.43. The Labute approximate surface area is 144 Å². The number of hydrogen-bond donors (Lipinski definition) is 2. The normalized spacial score (nSPS) is 22.1. The van der Waals surface area contributed by atoms with Gasteiger partial charge in [0.15, 0.2) is 0 Å². The van der Waals surface area contributed by atoms with E-state index in [2.05, 4.69) is 5.32 Å². The molecule has 2 aromatic heterocycles. The SMILES string of the molecule is CN[C@H]1CC[C@H](OC(C(=O)O)(c2cccs2)c2cccs2)CC1. The standard InChI is InChI=1S/C17H21NO3S2/c1-18-12-6-8-13(9-7-12)21-17(16(19)20,14-4-2-10-22-14)15-5-3-11-23-15/h2-5,10-13,18H,6-9H2,1H3,(H,19,20)/t12-,13-. The Kier molecular flexibility index (Phi) is 5.16. The minimum atomic E-state index is -1.38. The molecule has 0 bridgehead atoms. The highest BCUT2D eigenvalue weighted by molar-refractivity contribution is 7.12. The Morgan fingerprint density at radius 1 is 1.17 bits per heavy atom. The Morgan fingerprint density at radius 3 is 2.13 bits per heavy atom. The molecule has 1 aliphatic carbocycles. The minimum Gasteiger partial charge on any atom is -0.479 e. The number of carboxylic acid groups (broad SMARTS) is 1. The van der Waals surface area contributed by atoms with E-state index < -0.39 is 11.6 Å². The van der Waals surface area contributed by atoms with Crippen LogP contribution in [0, 0.1) is 0 Å². The van der Waals surface area contributed by atoms with Gasteiger partial charge in [0.2, 0.25) is 5.60 Å². The lowest BCUT2D eigenvalue weighted by molar-refractivity contribution is -0.170. The molecule has 1 fully saturated rings. The van der Waals surface area contributed by atoms with E-state index >= 15 is 0 Å². The zero-order valence-corrected chi connectivity index (χ0v) is 14.7. The van der Waals surface area contributed by atoms with Crippen LogP contribution in [0.1, 0.15) is 35.4 Å². The van der Waals surface area contributed by atoms with Crippen molar-refractivity contribution in [3.05, 3.63) is 44.8 Å². The summed E-state index contributed by atoms with van der Waals surface area (Å²) in [6.45, 7) is 0. The number of hydrogen-bond acceptors (Lipinski definition) is 5. The molecule has 124 valence electrons. The van der Waals surface area contributed by atoms with E-state index in [-0.39, 0.29) is 6.10 Å². The molecule has 23 heavy (non-hydrogen) atoms. The molecule has 0 unspecified atom stereocenters. The zero-order chi connectivity index (χ0) is 16.3. The molecule has 0 saturated heterocycles. The van der Waals surface area contributed by atoms with Crippen molar-refractivity contribution in [3.8, 4) is 0 Å². The molecule has 0 radical (unpaired) electrons. The van der Waals surface area contributed by atoms with Gasteiger partial charge in [0.05, 0.1) is 15.9 Å². The summed E-state index contributed by atoms with van der Waals surface area (Å²) < 4.78 is 6.32. The zero-order valence-electron chi connectivity index (χ0n) is 13.0. The fourth-order valence-corrected chi connectivity index (χ4v) is 4.98. The molecule has 6 heteroatoms. The van der Waals surface area contributed by atoms with Gasteiger partial charge in [0, 0.05) is 6.04 Å². The summed E-state index contributed by atoms with van der Waals surface area (Å²) in [4.78, 5) is 13.8. The van der Waals surface area contributed by atoms with E-state index in [9.17, 15) is 9.90 Å². The first-order valence-corrected chi connectivity index (χ1v) is 9.59. The lowest BCUT2D eigenvalue weighted by Gasteiger charge is -2.36. The third-order valence-corrected chi connectivity index (χ3v) is 6.40. The highest BCUT2D eigenvalue weighted by atomic mass is 32.1. The number of carbonyl (C=O) groups is 1. The summed E-state index contributed by atoms with van der Waals surface area (Å²) in [6.07, 6.45) is 3.78. The van der Waals surface area contributed by atoms with Crippen molar-refractivity contribution in [2.75, 3.05) is 7.05 Å². The first-order chi connectivity index (χ1) is 11.2. The van der Waals surface area contributed by atoms with Crippen LogP contribution in [0.3, 0.4) is 0 Å². The van der Waals surface area contributed by atoms with Crippen LogP contribution in [0.4, 0.5) is 0 Å². The Hall–Kier alpha value is -1.21. The molecular formula is C17H21NO3S2. The van der Waals surface area contributed by atoms with Gasteiger partial charge in [0.25, 0.3) is 0 Å². The predicted octanol–water partition coefficient (Wildman–Crippen LogP) is 3.69. The molecule has 2 aromatic rings. The average Bonchev–Trinajstić information content (AvgIpc) is 3.26. The highest BCUT2D eigenvalue weighted by Crippen LogP contribution is 2.42. The predicted molar refractivity (Wildman–Crippen MR) is 93.2 cm³/mol. The Bertz CT molecular complexity index is 582. The van der Waals surface area contributed by atoms with Gasteiger partial charge >= 0.3 is 5.97 Å². The van der Waals surface area contributed by atoms with Gasteiger partial charge < -0.3 is 15.2 Å². The van der Waals surface area contributed by atoms with Crippen molar-refractivity contribution in [2.45, 2.75) is 43.4 Å². The molecule has 3 rings (SSSR count). The largest absolute Gasteiger partial charge is 0.479 e. The van der Waals surface area contributed by atoms with E-state index in [1.807, 2.05) is 42.1 Å².